The fraction of sp³-hybridized carbons (Fsp3) is 0.414. The largest absolute Gasteiger partial charge is 0.491 e. The highest BCUT2D eigenvalue weighted by molar-refractivity contribution is 7.09. The van der Waals surface area contributed by atoms with Crippen molar-refractivity contribution in [2.45, 2.75) is 52.0 Å². The van der Waals surface area contributed by atoms with Gasteiger partial charge in [-0.05, 0) is 57.2 Å². The zero-order valence-electron chi connectivity index (χ0n) is 21.2. The topological polar surface area (TPSA) is 62.7 Å². The third kappa shape index (κ3) is 6.72. The van der Waals surface area contributed by atoms with Gasteiger partial charge in [-0.25, -0.2) is 4.98 Å². The zero-order valence-corrected chi connectivity index (χ0v) is 22.0. The molecule has 190 valence electrons. The van der Waals surface area contributed by atoms with Gasteiger partial charge >= 0.3 is 0 Å². The fourth-order valence-electron chi connectivity index (χ4n) is 4.69. The van der Waals surface area contributed by atoms with E-state index in [-0.39, 0.29) is 24.3 Å². The second-order valence-electron chi connectivity index (χ2n) is 9.22. The molecule has 4 rings (SSSR count). The lowest BCUT2D eigenvalue weighted by Gasteiger charge is -2.32. The Morgan fingerprint density at radius 3 is 2.56 bits per heavy atom. The average molecular weight is 506 g/mol. The van der Waals surface area contributed by atoms with E-state index in [1.165, 1.54) is 0 Å². The lowest BCUT2D eigenvalue weighted by molar-refractivity contribution is -0.133. The van der Waals surface area contributed by atoms with Gasteiger partial charge in [-0.1, -0.05) is 42.5 Å². The van der Waals surface area contributed by atoms with Crippen molar-refractivity contribution in [3.63, 3.8) is 0 Å². The van der Waals surface area contributed by atoms with Crippen LogP contribution in [0.3, 0.4) is 0 Å². The summed E-state index contributed by atoms with van der Waals surface area (Å²) in [6, 6.07) is 17.5. The Hall–Kier alpha value is -3.19. The van der Waals surface area contributed by atoms with E-state index >= 15 is 0 Å². The summed E-state index contributed by atoms with van der Waals surface area (Å²) in [5.74, 6) is 0.638. The molecule has 0 aliphatic carbocycles. The Morgan fingerprint density at radius 1 is 1.06 bits per heavy atom. The number of hydrogen-bond acceptors (Lipinski definition) is 5. The molecule has 1 aromatic heterocycles. The van der Waals surface area contributed by atoms with Crippen molar-refractivity contribution in [2.75, 3.05) is 26.2 Å². The van der Waals surface area contributed by atoms with Gasteiger partial charge in [0.1, 0.15) is 12.4 Å². The van der Waals surface area contributed by atoms with Gasteiger partial charge < -0.3 is 14.5 Å². The molecule has 2 aromatic carbocycles. The molecule has 2 amide bonds. The number of amides is 2. The highest BCUT2D eigenvalue weighted by Gasteiger charge is 2.27. The molecule has 0 saturated carbocycles. The summed E-state index contributed by atoms with van der Waals surface area (Å²) in [4.78, 5) is 35.3. The van der Waals surface area contributed by atoms with Crippen LogP contribution >= 0.6 is 11.3 Å². The van der Waals surface area contributed by atoms with Gasteiger partial charge in [0.25, 0.3) is 5.91 Å². The van der Waals surface area contributed by atoms with Crippen LogP contribution in [-0.2, 0) is 17.6 Å². The molecule has 0 spiro atoms. The maximum Gasteiger partial charge on any atom is 0.257 e. The number of aryl methyl sites for hydroxylation is 1. The number of para-hydroxylation sites is 1. The first kappa shape index (κ1) is 25.9. The third-order valence-corrected chi connectivity index (χ3v) is 7.44. The normalized spacial score (nSPS) is 17.4. The van der Waals surface area contributed by atoms with E-state index in [0.717, 1.165) is 35.5 Å². The molecule has 0 radical (unpaired) electrons. The third-order valence-electron chi connectivity index (χ3n) is 6.62. The first-order valence-electron chi connectivity index (χ1n) is 12.8. The minimum atomic E-state index is -0.161. The van der Waals surface area contributed by atoms with E-state index in [0.29, 0.717) is 44.0 Å². The molecule has 0 bridgehead atoms. The van der Waals surface area contributed by atoms with Crippen molar-refractivity contribution in [3.8, 4) is 5.75 Å². The number of hydrogen-bond donors (Lipinski definition) is 0. The number of carbonyl (C=O) groups excluding carboxylic acids is 2. The Balaban J connectivity index is 1.64. The summed E-state index contributed by atoms with van der Waals surface area (Å²) >= 11 is 1.57. The van der Waals surface area contributed by atoms with Crippen LogP contribution in [0.25, 0.3) is 0 Å². The van der Waals surface area contributed by atoms with E-state index in [1.807, 2.05) is 71.5 Å². The van der Waals surface area contributed by atoms with Gasteiger partial charge in [0.15, 0.2) is 0 Å². The smallest absolute Gasteiger partial charge is 0.257 e. The van der Waals surface area contributed by atoms with Crippen LogP contribution in [0.4, 0.5) is 0 Å². The van der Waals surface area contributed by atoms with E-state index in [4.69, 9.17) is 4.74 Å². The first-order valence-corrected chi connectivity index (χ1v) is 13.7. The van der Waals surface area contributed by atoms with Crippen molar-refractivity contribution in [3.05, 3.63) is 81.8 Å². The maximum absolute atomic E-state index is 13.6. The first-order chi connectivity index (χ1) is 17.5. The molecule has 1 aliphatic rings. The molecule has 36 heavy (non-hydrogen) atoms. The highest BCUT2D eigenvalue weighted by Crippen LogP contribution is 2.23. The van der Waals surface area contributed by atoms with Crippen LogP contribution in [0, 0.1) is 6.92 Å². The minimum Gasteiger partial charge on any atom is -0.491 e. The van der Waals surface area contributed by atoms with Crippen LogP contribution in [-0.4, -0.2) is 58.9 Å². The highest BCUT2D eigenvalue weighted by atomic mass is 32.1. The van der Waals surface area contributed by atoms with Gasteiger partial charge in [-0.2, -0.15) is 0 Å². The van der Waals surface area contributed by atoms with Crippen LogP contribution < -0.4 is 4.74 Å². The number of nitrogens with zero attached hydrogens (tertiary/aromatic N) is 3. The Morgan fingerprint density at radius 2 is 1.81 bits per heavy atom. The van der Waals surface area contributed by atoms with E-state index < -0.39 is 0 Å². The lowest BCUT2D eigenvalue weighted by atomic mass is 10.0. The molecule has 7 heteroatoms. The SMILES string of the molecule is CCN1CCCCCN(C(=O)Cc2csc(C)n2)[C@@H](Cc2ccccc2)COc2ccccc2C1=O. The molecular formula is C29H35N3O3S. The molecule has 1 aliphatic heterocycles. The Kier molecular flexibility index (Phi) is 9.11. The Bertz CT molecular complexity index is 1150. The molecule has 1 atom stereocenters. The van der Waals surface area contributed by atoms with Crippen molar-refractivity contribution >= 4 is 23.2 Å². The number of ether oxygens (including phenoxy) is 1. The standard InChI is InChI=1S/C29H35N3O3S/c1-3-31-16-10-5-11-17-32(28(33)19-24-21-36-22(2)30-24)25(18-23-12-6-4-7-13-23)20-35-27-15-9-8-14-26(27)29(31)34/h4,6-9,12-15,21,25H,3,5,10-11,16-20H2,1-2H3/t25-/m0/s1. The molecule has 0 N–H and O–H groups in total. The quantitative estimate of drug-likeness (QED) is 0.481. The van der Waals surface area contributed by atoms with Crippen molar-refractivity contribution in [2.24, 2.45) is 0 Å². The van der Waals surface area contributed by atoms with Crippen molar-refractivity contribution < 1.29 is 14.3 Å². The summed E-state index contributed by atoms with van der Waals surface area (Å²) in [7, 11) is 0. The van der Waals surface area contributed by atoms with E-state index in [1.54, 1.807) is 11.3 Å². The van der Waals surface area contributed by atoms with Gasteiger partial charge in [0, 0.05) is 25.0 Å². The summed E-state index contributed by atoms with van der Waals surface area (Å²) in [5.41, 5.74) is 2.55. The molecule has 0 saturated heterocycles. The van der Waals surface area contributed by atoms with Crippen LogP contribution in [0.1, 0.15) is 52.8 Å². The summed E-state index contributed by atoms with van der Waals surface area (Å²) in [6.45, 7) is 6.29. The van der Waals surface area contributed by atoms with Crippen LogP contribution in [0.5, 0.6) is 5.75 Å². The number of benzene rings is 2. The second kappa shape index (κ2) is 12.7. The van der Waals surface area contributed by atoms with Gasteiger partial charge in [0.2, 0.25) is 5.91 Å². The van der Waals surface area contributed by atoms with Crippen molar-refractivity contribution in [1.82, 2.24) is 14.8 Å². The summed E-state index contributed by atoms with van der Waals surface area (Å²) < 4.78 is 6.33. The molecular weight excluding hydrogens is 470 g/mol. The average Bonchev–Trinajstić information content (AvgIpc) is 3.30. The molecule has 0 fully saturated rings. The summed E-state index contributed by atoms with van der Waals surface area (Å²) in [6.07, 6.45) is 3.70. The lowest BCUT2D eigenvalue weighted by Crippen LogP contribution is -2.46. The van der Waals surface area contributed by atoms with Gasteiger partial charge in [-0.3, -0.25) is 9.59 Å². The van der Waals surface area contributed by atoms with E-state index in [2.05, 4.69) is 17.1 Å². The zero-order chi connectivity index (χ0) is 25.3. The van der Waals surface area contributed by atoms with Crippen molar-refractivity contribution in [1.29, 1.82) is 0 Å². The fourth-order valence-corrected chi connectivity index (χ4v) is 5.31. The number of fused-ring (bicyclic) bond motifs is 1. The predicted octanol–water partition coefficient (Wildman–Crippen LogP) is 5.16. The number of thiazole rings is 1. The number of aromatic nitrogens is 1. The summed E-state index contributed by atoms with van der Waals surface area (Å²) in [5, 5.41) is 2.94. The number of rotatable bonds is 5. The van der Waals surface area contributed by atoms with Gasteiger partial charge in [-0.15, -0.1) is 11.3 Å². The molecule has 2 heterocycles. The molecule has 6 nitrogen and oxygen atoms in total. The second-order valence-corrected chi connectivity index (χ2v) is 10.3. The Labute approximate surface area is 217 Å². The monoisotopic (exact) mass is 505 g/mol. The van der Waals surface area contributed by atoms with E-state index in [9.17, 15) is 9.59 Å². The minimum absolute atomic E-state index is 0.00112. The molecule has 3 aromatic rings. The maximum atomic E-state index is 13.6. The number of carbonyl (C=O) groups is 2. The van der Waals surface area contributed by atoms with Gasteiger partial charge in [0.05, 0.1) is 28.7 Å². The van der Waals surface area contributed by atoms with Crippen LogP contribution in [0.15, 0.2) is 60.0 Å². The molecule has 0 unspecified atom stereocenters. The predicted molar refractivity (Wildman–Crippen MR) is 144 cm³/mol. The van der Waals surface area contributed by atoms with Crippen LogP contribution in [0.2, 0.25) is 0 Å².